The number of hydrogen-bond donors (Lipinski definition) is 2. The quantitative estimate of drug-likeness (QED) is 0.254. The molecule has 0 unspecified atom stereocenters. The van der Waals surface area contributed by atoms with Gasteiger partial charge in [-0.3, -0.25) is 0 Å². The van der Waals surface area contributed by atoms with Crippen molar-refractivity contribution in [3.05, 3.63) is 112 Å². The number of amides is 2. The van der Waals surface area contributed by atoms with Crippen LogP contribution in [0.15, 0.2) is 90.3 Å². The van der Waals surface area contributed by atoms with Crippen molar-refractivity contribution in [3.8, 4) is 10.6 Å². The molecule has 170 valence electrons. The van der Waals surface area contributed by atoms with E-state index in [0.29, 0.717) is 12.2 Å². The van der Waals surface area contributed by atoms with Gasteiger partial charge in [-0.15, -0.1) is 11.3 Å². The van der Waals surface area contributed by atoms with Crippen LogP contribution in [0.3, 0.4) is 0 Å². The van der Waals surface area contributed by atoms with Crippen LogP contribution < -0.4 is 10.6 Å². The number of para-hydroxylation sites is 1. The normalized spacial score (nSPS) is 11.0. The van der Waals surface area contributed by atoms with Gasteiger partial charge in [-0.05, 0) is 41.3 Å². The van der Waals surface area contributed by atoms with Crippen molar-refractivity contribution >= 4 is 45.6 Å². The zero-order valence-corrected chi connectivity index (χ0v) is 19.7. The van der Waals surface area contributed by atoms with Crippen LogP contribution in [-0.2, 0) is 13.1 Å². The number of thiophene rings is 1. The average Bonchev–Trinajstić information content (AvgIpc) is 3.47. The number of benzene rings is 3. The molecule has 0 radical (unpaired) electrons. The van der Waals surface area contributed by atoms with Crippen LogP contribution in [0.1, 0.15) is 11.1 Å². The van der Waals surface area contributed by atoms with Crippen molar-refractivity contribution in [3.63, 3.8) is 0 Å². The summed E-state index contributed by atoms with van der Waals surface area (Å²) in [6.07, 6.45) is 0. The Kier molecular flexibility index (Phi) is 6.34. The van der Waals surface area contributed by atoms with E-state index >= 15 is 0 Å². The molecule has 0 atom stereocenters. The van der Waals surface area contributed by atoms with E-state index in [4.69, 9.17) is 11.6 Å². The highest BCUT2D eigenvalue weighted by Crippen LogP contribution is 2.36. The Balaban J connectivity index is 1.49. The third-order valence-corrected chi connectivity index (χ3v) is 6.78. The SMILES string of the molecule is O=C(NCc1c(-c2cccs2)n(Cc2ccccc2)c2ccccc12)Nc1ccc(F)c(Cl)c1. The molecule has 2 heterocycles. The van der Waals surface area contributed by atoms with E-state index in [1.165, 1.54) is 23.8 Å². The highest BCUT2D eigenvalue weighted by atomic mass is 35.5. The van der Waals surface area contributed by atoms with Gasteiger partial charge in [0.05, 0.1) is 15.6 Å². The second-order valence-corrected chi connectivity index (χ2v) is 9.18. The molecule has 0 fully saturated rings. The number of urea groups is 1. The van der Waals surface area contributed by atoms with Crippen molar-refractivity contribution in [2.45, 2.75) is 13.1 Å². The second-order valence-electron chi connectivity index (χ2n) is 7.83. The maximum Gasteiger partial charge on any atom is 0.319 e. The van der Waals surface area contributed by atoms with E-state index < -0.39 is 5.82 Å². The van der Waals surface area contributed by atoms with Crippen molar-refractivity contribution in [1.29, 1.82) is 0 Å². The van der Waals surface area contributed by atoms with Crippen molar-refractivity contribution in [1.82, 2.24) is 9.88 Å². The van der Waals surface area contributed by atoms with Crippen LogP contribution in [0.5, 0.6) is 0 Å². The van der Waals surface area contributed by atoms with Gasteiger partial charge in [-0.1, -0.05) is 66.2 Å². The first kappa shape index (κ1) is 22.2. The molecule has 0 aliphatic heterocycles. The summed E-state index contributed by atoms with van der Waals surface area (Å²) in [6, 6.07) is 26.4. The fourth-order valence-corrected chi connectivity index (χ4v) is 5.08. The molecule has 0 saturated heterocycles. The summed E-state index contributed by atoms with van der Waals surface area (Å²) in [5.41, 5.74) is 4.86. The van der Waals surface area contributed by atoms with Gasteiger partial charge in [0, 0.05) is 35.2 Å². The number of anilines is 1. The smallest absolute Gasteiger partial charge is 0.319 e. The van der Waals surface area contributed by atoms with Gasteiger partial charge in [0.1, 0.15) is 5.82 Å². The fourth-order valence-electron chi connectivity index (χ4n) is 4.10. The maximum atomic E-state index is 13.4. The van der Waals surface area contributed by atoms with Crippen LogP contribution in [0.4, 0.5) is 14.9 Å². The molecule has 2 amide bonds. The minimum Gasteiger partial charge on any atom is -0.335 e. The maximum absolute atomic E-state index is 13.4. The summed E-state index contributed by atoms with van der Waals surface area (Å²) in [5.74, 6) is -0.528. The molecule has 5 rings (SSSR count). The largest absolute Gasteiger partial charge is 0.335 e. The van der Waals surface area contributed by atoms with Crippen molar-refractivity contribution < 1.29 is 9.18 Å². The van der Waals surface area contributed by atoms with Gasteiger partial charge in [0.15, 0.2) is 0 Å². The molecule has 4 nitrogen and oxygen atoms in total. The van der Waals surface area contributed by atoms with Gasteiger partial charge in [0.25, 0.3) is 0 Å². The second kappa shape index (κ2) is 9.71. The number of carbonyl (C=O) groups is 1. The van der Waals surface area contributed by atoms with E-state index in [0.717, 1.165) is 33.6 Å². The van der Waals surface area contributed by atoms with E-state index in [9.17, 15) is 9.18 Å². The average molecular weight is 490 g/mol. The van der Waals surface area contributed by atoms with E-state index in [-0.39, 0.29) is 11.1 Å². The molecule has 0 bridgehead atoms. The Morgan fingerprint density at radius 3 is 2.53 bits per heavy atom. The molecule has 0 spiro atoms. The predicted molar refractivity (Wildman–Crippen MR) is 138 cm³/mol. The Labute approximate surface area is 205 Å². The number of halogens is 2. The number of aromatic nitrogens is 1. The van der Waals surface area contributed by atoms with Crippen LogP contribution in [-0.4, -0.2) is 10.6 Å². The summed E-state index contributed by atoms with van der Waals surface area (Å²) in [4.78, 5) is 13.8. The van der Waals surface area contributed by atoms with E-state index in [2.05, 4.69) is 50.9 Å². The van der Waals surface area contributed by atoms with E-state index in [1.54, 1.807) is 11.3 Å². The molecule has 0 saturated carbocycles. The lowest BCUT2D eigenvalue weighted by molar-refractivity contribution is 0.252. The van der Waals surface area contributed by atoms with Gasteiger partial charge in [-0.2, -0.15) is 0 Å². The molecule has 2 N–H and O–H groups in total. The monoisotopic (exact) mass is 489 g/mol. The number of nitrogens with zero attached hydrogens (tertiary/aromatic N) is 1. The summed E-state index contributed by atoms with van der Waals surface area (Å²) in [6.45, 7) is 1.05. The third-order valence-electron chi connectivity index (χ3n) is 5.62. The third kappa shape index (κ3) is 4.55. The Hall–Kier alpha value is -3.61. The van der Waals surface area contributed by atoms with Crippen molar-refractivity contribution in [2.75, 3.05) is 5.32 Å². The number of carbonyl (C=O) groups excluding carboxylic acids is 1. The molecular formula is C27H21ClFN3OS. The van der Waals surface area contributed by atoms with Gasteiger partial charge < -0.3 is 15.2 Å². The summed E-state index contributed by atoms with van der Waals surface area (Å²) >= 11 is 7.50. The first-order valence-corrected chi connectivity index (χ1v) is 12.0. The summed E-state index contributed by atoms with van der Waals surface area (Å²) in [5, 5.41) is 8.79. The Morgan fingerprint density at radius 2 is 1.76 bits per heavy atom. The molecule has 3 aromatic carbocycles. The minimum absolute atomic E-state index is 0.0400. The lowest BCUT2D eigenvalue weighted by Gasteiger charge is -2.13. The number of nitrogens with one attached hydrogen (secondary N) is 2. The topological polar surface area (TPSA) is 46.1 Å². The zero-order valence-electron chi connectivity index (χ0n) is 18.1. The molecule has 0 aliphatic rings. The summed E-state index contributed by atoms with van der Waals surface area (Å²) < 4.78 is 15.7. The lowest BCUT2D eigenvalue weighted by Crippen LogP contribution is -2.28. The van der Waals surface area contributed by atoms with Crippen LogP contribution >= 0.6 is 22.9 Å². The molecular weight excluding hydrogens is 469 g/mol. The van der Waals surface area contributed by atoms with Gasteiger partial charge in [-0.25, -0.2) is 9.18 Å². The molecule has 34 heavy (non-hydrogen) atoms. The number of fused-ring (bicyclic) bond motifs is 1. The van der Waals surface area contributed by atoms with Crippen LogP contribution in [0.2, 0.25) is 5.02 Å². The number of rotatable bonds is 6. The van der Waals surface area contributed by atoms with Gasteiger partial charge >= 0.3 is 6.03 Å². The molecule has 0 aliphatic carbocycles. The molecule has 2 aromatic heterocycles. The van der Waals surface area contributed by atoms with E-state index in [1.807, 2.05) is 36.4 Å². The van der Waals surface area contributed by atoms with Crippen molar-refractivity contribution in [2.24, 2.45) is 0 Å². The standard InChI is InChI=1S/C27H21ClFN3OS/c28-22-15-19(12-13-23(22)29)31-27(33)30-16-21-20-9-4-5-10-24(20)32(17-18-7-2-1-3-8-18)26(21)25-11-6-14-34-25/h1-15H,16-17H2,(H2,30,31,33). The number of hydrogen-bond acceptors (Lipinski definition) is 2. The molecule has 7 heteroatoms. The highest BCUT2D eigenvalue weighted by molar-refractivity contribution is 7.13. The first-order chi connectivity index (χ1) is 16.6. The highest BCUT2D eigenvalue weighted by Gasteiger charge is 2.20. The van der Waals surface area contributed by atoms with Gasteiger partial charge in [0.2, 0.25) is 0 Å². The minimum atomic E-state index is -0.528. The molecule has 5 aromatic rings. The zero-order chi connectivity index (χ0) is 23.5. The van der Waals surface area contributed by atoms with Crippen LogP contribution in [0.25, 0.3) is 21.5 Å². The van der Waals surface area contributed by atoms with Crippen LogP contribution in [0, 0.1) is 5.82 Å². The Morgan fingerprint density at radius 1 is 0.971 bits per heavy atom. The summed E-state index contributed by atoms with van der Waals surface area (Å²) in [7, 11) is 0. The predicted octanol–water partition coefficient (Wildman–Crippen LogP) is 7.53. The lowest BCUT2D eigenvalue weighted by atomic mass is 10.1. The first-order valence-electron chi connectivity index (χ1n) is 10.8. The fraction of sp³-hybridized carbons (Fsp3) is 0.0741. The Bertz CT molecular complexity index is 1450.